The highest BCUT2D eigenvalue weighted by molar-refractivity contribution is 5.77. The number of hydrogen-bond donors (Lipinski definition) is 1. The Labute approximate surface area is 84.4 Å². The SMILES string of the molecule is CNC(=O)CN(C)CCCC(=O)OC. The smallest absolute Gasteiger partial charge is 0.305 e. The lowest BCUT2D eigenvalue weighted by atomic mass is 10.3. The summed E-state index contributed by atoms with van der Waals surface area (Å²) in [6.07, 6.45) is 1.11. The van der Waals surface area contributed by atoms with Crippen molar-refractivity contribution in [2.24, 2.45) is 0 Å². The van der Waals surface area contributed by atoms with Gasteiger partial charge < -0.3 is 10.1 Å². The molecule has 1 N–H and O–H groups in total. The Hall–Kier alpha value is -1.10. The van der Waals surface area contributed by atoms with E-state index in [-0.39, 0.29) is 11.9 Å². The normalized spacial score (nSPS) is 10.0. The van der Waals surface area contributed by atoms with Gasteiger partial charge in [0.05, 0.1) is 13.7 Å². The van der Waals surface area contributed by atoms with Gasteiger partial charge in [-0.2, -0.15) is 0 Å². The highest BCUT2D eigenvalue weighted by atomic mass is 16.5. The summed E-state index contributed by atoms with van der Waals surface area (Å²) in [6, 6.07) is 0. The number of nitrogens with zero attached hydrogens (tertiary/aromatic N) is 1. The minimum absolute atomic E-state index is 0.0226. The van der Waals surface area contributed by atoms with Crippen LogP contribution in [0.1, 0.15) is 12.8 Å². The maximum atomic E-state index is 10.9. The Balaban J connectivity index is 3.49. The van der Waals surface area contributed by atoms with E-state index in [2.05, 4.69) is 10.1 Å². The van der Waals surface area contributed by atoms with Crippen molar-refractivity contribution in [1.29, 1.82) is 0 Å². The maximum absolute atomic E-state index is 10.9. The Morgan fingerprint density at radius 1 is 1.43 bits per heavy atom. The van der Waals surface area contributed by atoms with Crippen LogP contribution in [0.4, 0.5) is 0 Å². The Kier molecular flexibility index (Phi) is 6.74. The maximum Gasteiger partial charge on any atom is 0.305 e. The summed E-state index contributed by atoms with van der Waals surface area (Å²) in [6.45, 7) is 1.07. The average molecular weight is 202 g/mol. The zero-order valence-electron chi connectivity index (χ0n) is 9.00. The zero-order valence-corrected chi connectivity index (χ0v) is 9.00. The molecule has 0 bridgehead atoms. The molecule has 0 aromatic carbocycles. The number of nitrogens with one attached hydrogen (secondary N) is 1. The molecule has 0 radical (unpaired) electrons. The van der Waals surface area contributed by atoms with E-state index >= 15 is 0 Å². The number of ether oxygens (including phenoxy) is 1. The van der Waals surface area contributed by atoms with Gasteiger partial charge in [-0.15, -0.1) is 0 Å². The van der Waals surface area contributed by atoms with Crippen molar-refractivity contribution >= 4 is 11.9 Å². The molecule has 0 spiro atoms. The molecular formula is C9H18N2O3. The van der Waals surface area contributed by atoms with Crippen molar-refractivity contribution in [3.8, 4) is 0 Å². The molecule has 0 aromatic rings. The Morgan fingerprint density at radius 3 is 2.57 bits per heavy atom. The van der Waals surface area contributed by atoms with Crippen molar-refractivity contribution in [3.05, 3.63) is 0 Å². The average Bonchev–Trinajstić information content (AvgIpc) is 2.17. The first-order valence-electron chi connectivity index (χ1n) is 4.56. The lowest BCUT2D eigenvalue weighted by Gasteiger charge is -2.14. The van der Waals surface area contributed by atoms with E-state index in [0.717, 1.165) is 0 Å². The molecule has 0 saturated heterocycles. The molecule has 14 heavy (non-hydrogen) atoms. The van der Waals surface area contributed by atoms with E-state index in [9.17, 15) is 9.59 Å². The van der Waals surface area contributed by atoms with Crippen molar-refractivity contribution in [3.63, 3.8) is 0 Å². The third kappa shape index (κ3) is 6.42. The number of esters is 1. The Morgan fingerprint density at radius 2 is 2.07 bits per heavy atom. The number of likely N-dealkylation sites (N-methyl/N-ethyl adjacent to an activating group) is 2. The van der Waals surface area contributed by atoms with Gasteiger partial charge in [-0.25, -0.2) is 0 Å². The van der Waals surface area contributed by atoms with Gasteiger partial charge in [-0.05, 0) is 20.0 Å². The molecule has 0 aromatic heterocycles. The first-order chi connectivity index (χ1) is 6.60. The highest BCUT2D eigenvalue weighted by Crippen LogP contribution is 1.94. The van der Waals surface area contributed by atoms with Crippen LogP contribution in [-0.2, 0) is 14.3 Å². The van der Waals surface area contributed by atoms with Crippen LogP contribution in [0.2, 0.25) is 0 Å². The molecule has 0 rings (SSSR count). The summed E-state index contributed by atoms with van der Waals surface area (Å²) < 4.78 is 4.50. The summed E-state index contributed by atoms with van der Waals surface area (Å²) in [5, 5.41) is 2.53. The van der Waals surface area contributed by atoms with Gasteiger partial charge in [0.1, 0.15) is 0 Å². The zero-order chi connectivity index (χ0) is 11.0. The molecule has 0 unspecified atom stereocenters. The van der Waals surface area contributed by atoms with E-state index in [0.29, 0.717) is 25.9 Å². The first-order valence-corrected chi connectivity index (χ1v) is 4.56. The molecular weight excluding hydrogens is 184 g/mol. The summed E-state index contributed by atoms with van der Waals surface area (Å²) >= 11 is 0. The number of hydrogen-bond acceptors (Lipinski definition) is 4. The van der Waals surface area contributed by atoms with Gasteiger partial charge in [0, 0.05) is 13.5 Å². The fourth-order valence-corrected chi connectivity index (χ4v) is 0.999. The molecule has 0 fully saturated rings. The quantitative estimate of drug-likeness (QED) is 0.596. The van der Waals surface area contributed by atoms with E-state index < -0.39 is 0 Å². The molecule has 0 atom stereocenters. The topological polar surface area (TPSA) is 58.6 Å². The van der Waals surface area contributed by atoms with Crippen LogP contribution < -0.4 is 5.32 Å². The number of methoxy groups -OCH3 is 1. The van der Waals surface area contributed by atoms with Crippen LogP contribution in [0, 0.1) is 0 Å². The molecule has 5 nitrogen and oxygen atoms in total. The molecule has 1 amide bonds. The minimum Gasteiger partial charge on any atom is -0.469 e. The number of carbonyl (C=O) groups is 2. The van der Waals surface area contributed by atoms with Gasteiger partial charge in [0.2, 0.25) is 5.91 Å². The largest absolute Gasteiger partial charge is 0.469 e. The minimum atomic E-state index is -0.210. The van der Waals surface area contributed by atoms with Crippen LogP contribution in [0.5, 0.6) is 0 Å². The summed E-state index contributed by atoms with van der Waals surface area (Å²) in [5.41, 5.74) is 0. The predicted octanol–water partition coefficient (Wildman–Crippen LogP) is -0.383. The monoisotopic (exact) mass is 202 g/mol. The third-order valence-corrected chi connectivity index (χ3v) is 1.84. The van der Waals surface area contributed by atoms with E-state index in [1.807, 2.05) is 11.9 Å². The molecule has 5 heteroatoms. The van der Waals surface area contributed by atoms with Crippen molar-refractivity contribution in [1.82, 2.24) is 10.2 Å². The molecule has 0 heterocycles. The second-order valence-electron chi connectivity index (χ2n) is 3.09. The number of rotatable bonds is 6. The Bertz CT molecular complexity index is 194. The van der Waals surface area contributed by atoms with Gasteiger partial charge in [0.15, 0.2) is 0 Å². The number of carbonyl (C=O) groups excluding carboxylic acids is 2. The summed E-state index contributed by atoms with van der Waals surface area (Å²) in [5.74, 6) is -0.232. The standard InChI is InChI=1S/C9H18N2O3/c1-10-8(12)7-11(2)6-4-5-9(13)14-3/h4-7H2,1-3H3,(H,10,12). The predicted molar refractivity (Wildman–Crippen MR) is 52.8 cm³/mol. The lowest BCUT2D eigenvalue weighted by Crippen LogP contribution is -2.33. The van der Waals surface area contributed by atoms with E-state index in [1.165, 1.54) is 7.11 Å². The molecule has 0 aliphatic carbocycles. The second kappa shape index (κ2) is 7.32. The fraction of sp³-hybridized carbons (Fsp3) is 0.778. The van der Waals surface area contributed by atoms with Gasteiger partial charge in [-0.3, -0.25) is 14.5 Å². The molecule has 0 saturated carbocycles. The van der Waals surface area contributed by atoms with Crippen LogP contribution in [-0.4, -0.2) is 51.1 Å². The summed E-state index contributed by atoms with van der Waals surface area (Å²) in [7, 11) is 4.81. The lowest BCUT2D eigenvalue weighted by molar-refractivity contribution is -0.140. The summed E-state index contributed by atoms with van der Waals surface area (Å²) in [4.78, 5) is 23.5. The fourth-order valence-electron chi connectivity index (χ4n) is 0.999. The molecule has 0 aliphatic heterocycles. The van der Waals surface area contributed by atoms with Crippen molar-refractivity contribution < 1.29 is 14.3 Å². The van der Waals surface area contributed by atoms with Gasteiger partial charge in [0.25, 0.3) is 0 Å². The van der Waals surface area contributed by atoms with Gasteiger partial charge >= 0.3 is 5.97 Å². The first kappa shape index (κ1) is 12.9. The van der Waals surface area contributed by atoms with Crippen LogP contribution >= 0.6 is 0 Å². The van der Waals surface area contributed by atoms with E-state index in [4.69, 9.17) is 0 Å². The van der Waals surface area contributed by atoms with Crippen LogP contribution in [0.3, 0.4) is 0 Å². The highest BCUT2D eigenvalue weighted by Gasteiger charge is 2.05. The number of amides is 1. The molecule has 0 aliphatic rings. The van der Waals surface area contributed by atoms with Crippen LogP contribution in [0.15, 0.2) is 0 Å². The van der Waals surface area contributed by atoms with E-state index in [1.54, 1.807) is 7.05 Å². The van der Waals surface area contributed by atoms with Crippen LogP contribution in [0.25, 0.3) is 0 Å². The van der Waals surface area contributed by atoms with Crippen molar-refractivity contribution in [2.75, 3.05) is 34.3 Å². The second-order valence-corrected chi connectivity index (χ2v) is 3.09. The third-order valence-electron chi connectivity index (χ3n) is 1.84. The van der Waals surface area contributed by atoms with Crippen molar-refractivity contribution in [2.45, 2.75) is 12.8 Å². The molecule has 82 valence electrons. The van der Waals surface area contributed by atoms with Gasteiger partial charge in [-0.1, -0.05) is 0 Å².